The van der Waals surface area contributed by atoms with Crippen LogP contribution in [0.4, 0.5) is 9.59 Å². The fraction of sp³-hybridized carbons (Fsp3) is 0.541. The number of hydrogen-bond acceptors (Lipinski definition) is 20. The number of likely N-dealkylation sites (tertiary alicyclic amines) is 2. The summed E-state index contributed by atoms with van der Waals surface area (Å²) in [7, 11) is 11.0. The molecule has 2 fully saturated rings. The Morgan fingerprint density at radius 2 is 1.13 bits per heavy atom. The van der Waals surface area contributed by atoms with Crippen LogP contribution in [0.3, 0.4) is 0 Å². The minimum absolute atomic E-state index is 0.0643. The predicted molar refractivity (Wildman–Crippen MR) is 368 cm³/mol. The van der Waals surface area contributed by atoms with Crippen LogP contribution in [-0.4, -0.2) is 186 Å². The number of ether oxygens (including phenoxy) is 8. The Morgan fingerprint density at radius 3 is 1.64 bits per heavy atom. The molecule has 4 aromatic carbocycles. The smallest absolute Gasteiger partial charge is 0.414 e. The van der Waals surface area contributed by atoms with Crippen molar-refractivity contribution in [3.05, 3.63) is 130 Å². The van der Waals surface area contributed by atoms with Gasteiger partial charge in [0, 0.05) is 79.8 Å². The van der Waals surface area contributed by atoms with Gasteiger partial charge in [-0.2, -0.15) is 0 Å². The van der Waals surface area contributed by atoms with Gasteiger partial charge < -0.3 is 80.0 Å². The lowest BCUT2D eigenvalue weighted by molar-refractivity contribution is -0.124. The molecule has 8 aliphatic rings. The van der Waals surface area contributed by atoms with E-state index in [4.69, 9.17) is 60.5 Å². The van der Waals surface area contributed by atoms with Crippen molar-refractivity contribution in [2.75, 3.05) is 88.2 Å². The van der Waals surface area contributed by atoms with Crippen molar-refractivity contribution in [1.29, 1.82) is 5.41 Å². The highest BCUT2D eigenvalue weighted by Crippen LogP contribution is 2.70. The van der Waals surface area contributed by atoms with Crippen molar-refractivity contribution in [2.45, 2.75) is 157 Å². The molecule has 3 amide bonds. The zero-order chi connectivity index (χ0) is 69.4. The maximum absolute atomic E-state index is 14.7. The molecule has 4 aliphatic carbocycles. The fourth-order valence-corrected chi connectivity index (χ4v) is 17.5. The van der Waals surface area contributed by atoms with Gasteiger partial charge in [-0.25, -0.2) is 14.4 Å². The number of nitrogens with two attached hydrogens (primary N) is 3. The predicted octanol–water partition coefficient (Wildman–Crippen LogP) is 7.15. The average Bonchev–Trinajstić information content (AvgIpc) is 1.42. The first-order valence-corrected chi connectivity index (χ1v) is 34.7. The number of unbranched alkanes of at least 4 members (excludes halogenated alkanes) is 2. The van der Waals surface area contributed by atoms with Crippen LogP contribution >= 0.6 is 0 Å². The number of rotatable bonds is 30. The summed E-state index contributed by atoms with van der Waals surface area (Å²) in [6, 6.07) is 19.6. The zero-order valence-electron chi connectivity index (χ0n) is 57.8. The van der Waals surface area contributed by atoms with Crippen molar-refractivity contribution < 1.29 is 61.9 Å². The lowest BCUT2D eigenvalue weighted by Crippen LogP contribution is -2.69. The normalized spacial score (nSPS) is 25.9. The Bertz CT molecular complexity index is 3570. The number of Topliss-reactive ketones (excluding diaryl/α,β-unsaturated/α-hetero) is 1. The van der Waals surface area contributed by atoms with Crippen molar-refractivity contribution >= 4 is 35.7 Å². The summed E-state index contributed by atoms with van der Waals surface area (Å²) < 4.78 is 50.3. The van der Waals surface area contributed by atoms with Crippen LogP contribution in [0.15, 0.2) is 96.5 Å². The van der Waals surface area contributed by atoms with Gasteiger partial charge in [0.25, 0.3) is 0 Å². The molecule has 4 heterocycles. The van der Waals surface area contributed by atoms with Gasteiger partial charge >= 0.3 is 18.2 Å². The maximum atomic E-state index is 14.7. The number of amides is 3. The van der Waals surface area contributed by atoms with E-state index in [1.165, 1.54) is 32.1 Å². The van der Waals surface area contributed by atoms with Gasteiger partial charge in [0.15, 0.2) is 35.2 Å². The first-order valence-electron chi connectivity index (χ1n) is 34.7. The van der Waals surface area contributed by atoms with Crippen molar-refractivity contribution in [2.24, 2.45) is 28.0 Å². The third-order valence-electron chi connectivity index (χ3n) is 22.9. The number of benzene rings is 4. The van der Waals surface area contributed by atoms with Crippen molar-refractivity contribution in [1.82, 2.24) is 35.6 Å². The molecule has 2 spiro atoms. The van der Waals surface area contributed by atoms with E-state index in [9.17, 15) is 24.0 Å². The molecule has 11 atom stereocenters. The number of nitrogens with zero attached hydrogens (tertiary/aromatic N) is 4. The quantitative estimate of drug-likeness (QED) is 0.00680. The monoisotopic (exact) mass is 1350 g/mol. The van der Waals surface area contributed by atoms with E-state index < -0.39 is 59.6 Å². The highest BCUT2D eigenvalue weighted by atomic mass is 16.6. The number of methoxy groups -OCH3 is 2. The molecular weight excluding hydrogens is 1250 g/mol. The molecule has 1 unspecified atom stereocenters. The second-order valence-electron chi connectivity index (χ2n) is 28.4. The number of hydrogen-bond donors (Lipinski definition) is 7. The van der Waals surface area contributed by atoms with E-state index in [1.807, 2.05) is 24.3 Å². The molecule has 2 saturated heterocycles. The summed E-state index contributed by atoms with van der Waals surface area (Å²) in [6.45, 7) is 7.59. The van der Waals surface area contributed by atoms with Crippen LogP contribution < -0.4 is 61.6 Å². The standard InChI is InChI=1S/C74H97N11O13/c1-71-31-29-55(63-73(71)33-39-82(3)57(71)42-46-21-27-53(91-7)61(97-63)59(46)73)95-69(89)84(5)38-13-16-52(86)50(14-9-11-35-75)80-68(94-49-25-19-45(20-26-49)67(88)93-48-23-17-44(18-24-48)65(77)78)81-51(15-10-12-36-76)66(87)79-37-41-85(6)70(90)96-56-30-32-72(2)58-43-47-22-28-54(92-8)62-60(47)74(72,64(56)98-62)34-40-83(58)4/h17-30,50-51,57-58,63-64,68,80-81H,9-16,31-43,75-76H2,1-8H3,(H3,77,78)(H,79,87)/t50-,51+,57+,58+,63-,64-,68?,71-,72-,73-,74-/m0/s1. The summed E-state index contributed by atoms with van der Waals surface area (Å²) in [5, 5.41) is 17.5. The first-order chi connectivity index (χ1) is 47.1. The summed E-state index contributed by atoms with van der Waals surface area (Å²) in [6.07, 6.45) is 8.95. The summed E-state index contributed by atoms with van der Waals surface area (Å²) in [4.78, 5) is 78.8. The molecule has 12 rings (SSSR count). The van der Waals surface area contributed by atoms with Gasteiger partial charge in [0.2, 0.25) is 12.3 Å². The summed E-state index contributed by atoms with van der Waals surface area (Å²) >= 11 is 0. The number of ketones is 1. The number of piperidine rings is 2. The van der Waals surface area contributed by atoms with Crippen LogP contribution in [0, 0.1) is 16.2 Å². The fourth-order valence-electron chi connectivity index (χ4n) is 17.5. The zero-order valence-corrected chi connectivity index (χ0v) is 57.8. The molecule has 24 heteroatoms. The van der Waals surface area contributed by atoms with Gasteiger partial charge in [0.1, 0.15) is 34.6 Å². The van der Waals surface area contributed by atoms with E-state index in [0.29, 0.717) is 99.5 Å². The molecule has 10 N–H and O–H groups in total. The molecule has 0 saturated carbocycles. The van der Waals surface area contributed by atoms with Crippen LogP contribution in [0.25, 0.3) is 0 Å². The van der Waals surface area contributed by atoms with Crippen LogP contribution in [-0.2, 0) is 42.7 Å². The number of carbonyl (C=O) groups is 5. The Labute approximate surface area is 574 Å². The second-order valence-corrected chi connectivity index (χ2v) is 28.4. The van der Waals surface area contributed by atoms with Crippen LogP contribution in [0.1, 0.15) is 129 Å². The number of nitrogen functional groups attached to an aromatic ring is 1. The van der Waals surface area contributed by atoms with Gasteiger partial charge in [0.05, 0.1) is 42.7 Å². The number of amidine groups is 1. The molecule has 4 aliphatic heterocycles. The molecule has 526 valence electrons. The lowest BCUT2D eigenvalue weighted by atomic mass is 9.45. The number of esters is 1. The van der Waals surface area contributed by atoms with Crippen molar-refractivity contribution in [3.8, 4) is 34.5 Å². The molecule has 24 nitrogen and oxygen atoms in total. The van der Waals surface area contributed by atoms with E-state index in [2.05, 4.69) is 65.8 Å². The number of nitrogens with one attached hydrogen (secondary N) is 4. The number of allylic oxidation sites excluding steroid dienone is 2. The van der Waals surface area contributed by atoms with Gasteiger partial charge in [-0.1, -0.05) is 38.8 Å². The highest BCUT2D eigenvalue weighted by molar-refractivity contribution is 5.95. The Morgan fingerprint density at radius 1 is 0.643 bits per heavy atom. The first kappa shape index (κ1) is 69.6. The third-order valence-corrected chi connectivity index (χ3v) is 22.9. The van der Waals surface area contributed by atoms with E-state index in [-0.39, 0.29) is 83.6 Å². The topological polar surface area (TPSA) is 310 Å². The van der Waals surface area contributed by atoms with Gasteiger partial charge in [-0.05, 0) is 195 Å². The maximum Gasteiger partial charge on any atom is 0.414 e. The van der Waals surface area contributed by atoms with Crippen molar-refractivity contribution in [3.63, 3.8) is 0 Å². The van der Waals surface area contributed by atoms with E-state index >= 15 is 0 Å². The second kappa shape index (κ2) is 28.5. The van der Waals surface area contributed by atoms with E-state index in [1.54, 1.807) is 76.8 Å². The third kappa shape index (κ3) is 12.5. The summed E-state index contributed by atoms with van der Waals surface area (Å²) in [5.74, 6) is 2.96. The molecule has 0 aromatic heterocycles. The SMILES string of the molecule is COc1ccc2c3c1O[C@H]1C(OC(=O)N(C)CCCC(=O)[C@H](CCCCN)NC(N[C@H](CCCCN)C(=O)NCCN(C)C(=O)OC4=CC[C@@]5(C)[C@H]6Cc7ccc(OC)c8c7[C@@]5(CCN6C)[C@H]4O8)Oc4ccc(C(=O)Oc5ccc(C(=N)N)cc5)cc4)=CC[C@@]4(C)[C@@H](C2)N(C)CC[C@]314. The molecule has 0 radical (unpaired) electrons. The minimum Gasteiger partial charge on any atom is -0.493 e. The number of likely N-dealkylation sites (N-methyl/N-ethyl adjacent to an activating group) is 3. The van der Waals surface area contributed by atoms with Crippen LogP contribution in [0.5, 0.6) is 34.5 Å². The largest absolute Gasteiger partial charge is 0.493 e. The molecular formula is C74H97N11O13. The number of carbonyl (C=O) groups excluding carboxylic acids is 5. The highest BCUT2D eigenvalue weighted by Gasteiger charge is 2.72. The van der Waals surface area contributed by atoms with E-state index in [0.717, 1.165) is 50.3 Å². The van der Waals surface area contributed by atoms with Gasteiger partial charge in [-0.15, -0.1) is 0 Å². The Balaban J connectivity index is 0.719. The summed E-state index contributed by atoms with van der Waals surface area (Å²) in [5.41, 5.74) is 21.9. The minimum atomic E-state index is -1.17. The van der Waals surface area contributed by atoms with Crippen LogP contribution in [0.2, 0.25) is 0 Å². The Hall–Kier alpha value is -8.26. The molecule has 4 aromatic rings. The average molecular weight is 1350 g/mol. The molecule has 4 bridgehead atoms. The lowest BCUT2D eigenvalue weighted by Gasteiger charge is -2.63. The van der Waals surface area contributed by atoms with Gasteiger partial charge in [-0.3, -0.25) is 25.6 Å². The Kier molecular flexibility index (Phi) is 20.3. The molecule has 98 heavy (non-hydrogen) atoms.